The van der Waals surface area contributed by atoms with Crippen LogP contribution in [0.2, 0.25) is 10.0 Å². The Labute approximate surface area is 143 Å². The van der Waals surface area contributed by atoms with Gasteiger partial charge in [0.2, 0.25) is 0 Å². The third kappa shape index (κ3) is 3.80. The van der Waals surface area contributed by atoms with Crippen LogP contribution in [0.3, 0.4) is 0 Å². The van der Waals surface area contributed by atoms with Gasteiger partial charge in [-0.15, -0.1) is 10.2 Å². The van der Waals surface area contributed by atoms with E-state index in [0.717, 1.165) is 32.6 Å². The number of hydrogen-bond donors (Lipinski definition) is 0. The van der Waals surface area contributed by atoms with Crippen LogP contribution < -0.4 is 0 Å². The molecule has 0 radical (unpaired) electrons. The second-order valence-electron chi connectivity index (χ2n) is 4.64. The molecule has 2 nitrogen and oxygen atoms in total. The molecule has 0 aliphatic rings. The van der Waals surface area contributed by atoms with Crippen molar-refractivity contribution in [3.8, 4) is 11.3 Å². The molecular formula is C17H12Cl2N2S. The number of thioether (sulfide) groups is 1. The van der Waals surface area contributed by atoms with Crippen LogP contribution in [0.15, 0.2) is 65.7 Å². The number of halogens is 2. The zero-order chi connectivity index (χ0) is 15.4. The summed E-state index contributed by atoms with van der Waals surface area (Å²) in [7, 11) is 0. The molecule has 0 saturated carbocycles. The van der Waals surface area contributed by atoms with Crippen molar-refractivity contribution in [2.75, 3.05) is 0 Å². The average Bonchev–Trinajstić information content (AvgIpc) is 2.55. The molecule has 3 rings (SSSR count). The van der Waals surface area contributed by atoms with Crippen molar-refractivity contribution in [1.29, 1.82) is 0 Å². The van der Waals surface area contributed by atoms with Crippen molar-refractivity contribution < 1.29 is 0 Å². The highest BCUT2D eigenvalue weighted by atomic mass is 35.5. The number of rotatable bonds is 4. The Kier molecular flexibility index (Phi) is 4.98. The SMILES string of the molecule is Clc1ccc(-c2ccc(SCc3ccccc3Cl)nn2)cc1. The molecule has 1 aromatic heterocycles. The number of benzene rings is 2. The summed E-state index contributed by atoms with van der Waals surface area (Å²) in [6.07, 6.45) is 0. The first-order valence-electron chi connectivity index (χ1n) is 6.68. The van der Waals surface area contributed by atoms with Gasteiger partial charge in [0.25, 0.3) is 0 Å². The number of aromatic nitrogens is 2. The monoisotopic (exact) mass is 346 g/mol. The van der Waals surface area contributed by atoms with Crippen molar-refractivity contribution in [1.82, 2.24) is 10.2 Å². The van der Waals surface area contributed by atoms with Gasteiger partial charge in [-0.25, -0.2) is 0 Å². The van der Waals surface area contributed by atoms with Gasteiger partial charge in [0, 0.05) is 21.4 Å². The third-order valence-corrected chi connectivity index (χ3v) is 4.70. The van der Waals surface area contributed by atoms with Crippen molar-refractivity contribution in [3.05, 3.63) is 76.3 Å². The van der Waals surface area contributed by atoms with Gasteiger partial charge in [0.15, 0.2) is 0 Å². The summed E-state index contributed by atoms with van der Waals surface area (Å²) in [4.78, 5) is 0. The van der Waals surface area contributed by atoms with Gasteiger partial charge >= 0.3 is 0 Å². The topological polar surface area (TPSA) is 25.8 Å². The highest BCUT2D eigenvalue weighted by Crippen LogP contribution is 2.26. The van der Waals surface area contributed by atoms with Crippen molar-refractivity contribution in [2.24, 2.45) is 0 Å². The first kappa shape index (κ1) is 15.3. The lowest BCUT2D eigenvalue weighted by Gasteiger charge is -2.04. The fraction of sp³-hybridized carbons (Fsp3) is 0.0588. The number of hydrogen-bond acceptors (Lipinski definition) is 3. The van der Waals surface area contributed by atoms with Gasteiger partial charge in [0.05, 0.1) is 5.69 Å². The molecule has 0 aliphatic heterocycles. The molecule has 0 bridgehead atoms. The van der Waals surface area contributed by atoms with E-state index in [-0.39, 0.29) is 0 Å². The lowest BCUT2D eigenvalue weighted by molar-refractivity contribution is 0.935. The van der Waals surface area contributed by atoms with Crippen molar-refractivity contribution >= 4 is 35.0 Å². The summed E-state index contributed by atoms with van der Waals surface area (Å²) < 4.78 is 0. The summed E-state index contributed by atoms with van der Waals surface area (Å²) >= 11 is 13.6. The van der Waals surface area contributed by atoms with Crippen LogP contribution in [0, 0.1) is 0 Å². The molecule has 0 spiro atoms. The molecule has 5 heteroatoms. The minimum Gasteiger partial charge on any atom is -0.149 e. The summed E-state index contributed by atoms with van der Waals surface area (Å²) in [5.41, 5.74) is 2.93. The van der Waals surface area contributed by atoms with Crippen LogP contribution >= 0.6 is 35.0 Å². The lowest BCUT2D eigenvalue weighted by atomic mass is 10.1. The van der Waals surface area contributed by atoms with Crippen LogP contribution in [0.5, 0.6) is 0 Å². The smallest absolute Gasteiger partial charge is 0.119 e. The summed E-state index contributed by atoms with van der Waals surface area (Å²) in [5.74, 6) is 0.772. The lowest BCUT2D eigenvalue weighted by Crippen LogP contribution is -1.90. The van der Waals surface area contributed by atoms with Crippen LogP contribution in [0.4, 0.5) is 0 Å². The summed E-state index contributed by atoms with van der Waals surface area (Å²) in [6, 6.07) is 19.3. The van der Waals surface area contributed by atoms with Crippen molar-refractivity contribution in [3.63, 3.8) is 0 Å². The minimum atomic E-state index is 0.712. The fourth-order valence-corrected chi connectivity index (χ4v) is 3.16. The highest BCUT2D eigenvalue weighted by Gasteiger charge is 2.04. The van der Waals surface area contributed by atoms with E-state index in [1.165, 1.54) is 0 Å². The maximum atomic E-state index is 6.15. The van der Waals surface area contributed by atoms with Crippen LogP contribution in [0.25, 0.3) is 11.3 Å². The highest BCUT2D eigenvalue weighted by molar-refractivity contribution is 7.98. The first-order chi connectivity index (χ1) is 10.7. The molecule has 0 amide bonds. The van der Waals surface area contributed by atoms with E-state index < -0.39 is 0 Å². The zero-order valence-electron chi connectivity index (χ0n) is 11.5. The molecule has 1 heterocycles. The van der Waals surface area contributed by atoms with Gasteiger partial charge in [-0.05, 0) is 35.9 Å². The predicted octanol–water partition coefficient (Wildman–Crippen LogP) is 5.74. The Bertz CT molecular complexity index is 758. The van der Waals surface area contributed by atoms with E-state index >= 15 is 0 Å². The Hall–Kier alpha value is -1.55. The van der Waals surface area contributed by atoms with E-state index in [0.29, 0.717) is 5.02 Å². The van der Waals surface area contributed by atoms with E-state index in [1.54, 1.807) is 11.8 Å². The fourth-order valence-electron chi connectivity index (χ4n) is 1.94. The van der Waals surface area contributed by atoms with Gasteiger partial charge < -0.3 is 0 Å². The van der Waals surface area contributed by atoms with Gasteiger partial charge in [-0.1, -0.05) is 65.3 Å². The molecule has 0 fully saturated rings. The Morgan fingerprint density at radius 2 is 1.59 bits per heavy atom. The van der Waals surface area contributed by atoms with E-state index in [1.807, 2.05) is 60.7 Å². The molecule has 0 N–H and O–H groups in total. The standard InChI is InChI=1S/C17H12Cl2N2S/c18-14-7-5-12(6-8-14)16-9-10-17(21-20-16)22-11-13-3-1-2-4-15(13)19/h1-10H,11H2. The second-order valence-corrected chi connectivity index (χ2v) is 6.48. The van der Waals surface area contributed by atoms with E-state index in [2.05, 4.69) is 10.2 Å². The molecule has 2 aromatic carbocycles. The maximum absolute atomic E-state index is 6.15. The largest absolute Gasteiger partial charge is 0.149 e. The number of nitrogens with zero attached hydrogens (tertiary/aromatic N) is 2. The molecule has 0 saturated heterocycles. The normalized spacial score (nSPS) is 10.6. The molecule has 0 unspecified atom stereocenters. The average molecular weight is 347 g/mol. The van der Waals surface area contributed by atoms with Crippen molar-refractivity contribution in [2.45, 2.75) is 10.8 Å². The Balaban J connectivity index is 1.69. The summed E-state index contributed by atoms with van der Waals surface area (Å²) in [5, 5.41) is 10.9. The second kappa shape index (κ2) is 7.14. The van der Waals surface area contributed by atoms with Gasteiger partial charge in [0.1, 0.15) is 5.03 Å². The quantitative estimate of drug-likeness (QED) is 0.563. The summed E-state index contributed by atoms with van der Waals surface area (Å²) in [6.45, 7) is 0. The van der Waals surface area contributed by atoms with Gasteiger partial charge in [-0.2, -0.15) is 0 Å². The third-order valence-electron chi connectivity index (χ3n) is 3.11. The first-order valence-corrected chi connectivity index (χ1v) is 8.42. The van der Waals surface area contributed by atoms with E-state index in [4.69, 9.17) is 23.2 Å². The van der Waals surface area contributed by atoms with Crippen LogP contribution in [-0.2, 0) is 5.75 Å². The van der Waals surface area contributed by atoms with Crippen LogP contribution in [-0.4, -0.2) is 10.2 Å². The maximum Gasteiger partial charge on any atom is 0.119 e. The van der Waals surface area contributed by atoms with Gasteiger partial charge in [-0.3, -0.25) is 0 Å². The molecule has 22 heavy (non-hydrogen) atoms. The predicted molar refractivity (Wildman–Crippen MR) is 93.5 cm³/mol. The zero-order valence-corrected chi connectivity index (χ0v) is 13.9. The molecule has 0 aliphatic carbocycles. The van der Waals surface area contributed by atoms with E-state index in [9.17, 15) is 0 Å². The Morgan fingerprint density at radius 1 is 0.818 bits per heavy atom. The Morgan fingerprint density at radius 3 is 2.27 bits per heavy atom. The molecular weight excluding hydrogens is 335 g/mol. The molecule has 0 atom stereocenters. The van der Waals surface area contributed by atoms with Crippen LogP contribution in [0.1, 0.15) is 5.56 Å². The molecule has 110 valence electrons. The minimum absolute atomic E-state index is 0.712. The molecule has 3 aromatic rings.